The molecule has 0 radical (unpaired) electrons. The second-order valence-electron chi connectivity index (χ2n) is 2.74. The third-order valence-corrected chi connectivity index (χ3v) is 2.69. The molecule has 0 aliphatic rings. The summed E-state index contributed by atoms with van der Waals surface area (Å²) < 4.78 is 21.1. The second kappa shape index (κ2) is 5.11. The molecule has 2 atom stereocenters. The zero-order chi connectivity index (χ0) is 10.6. The fourth-order valence-electron chi connectivity index (χ4n) is 0.900. The smallest absolute Gasteiger partial charge is 0.233 e. The molecule has 80 valence electrons. The Bertz CT molecular complexity index is 231. The highest BCUT2D eigenvalue weighted by atomic mass is 35.7. The van der Waals surface area contributed by atoms with Crippen LogP contribution in [0.3, 0.4) is 0 Å². The topological polar surface area (TPSA) is 77.8 Å². The fourth-order valence-corrected chi connectivity index (χ4v) is 1.54. The Balaban J connectivity index is 4.13. The summed E-state index contributed by atoms with van der Waals surface area (Å²) >= 11 is 0. The molecule has 0 spiro atoms. The molecular weight excluding hydrogens is 218 g/mol. The van der Waals surface area contributed by atoms with Crippen molar-refractivity contribution in [2.45, 2.75) is 26.3 Å². The van der Waals surface area contributed by atoms with Gasteiger partial charge < -0.3 is 10.2 Å². The van der Waals surface area contributed by atoms with E-state index in [4.69, 9.17) is 20.9 Å². The van der Waals surface area contributed by atoms with Gasteiger partial charge in [-0.15, -0.1) is 0 Å². The van der Waals surface area contributed by atoms with Gasteiger partial charge in [0.25, 0.3) is 0 Å². The van der Waals surface area contributed by atoms with E-state index in [2.05, 4.69) is 0 Å². The van der Waals surface area contributed by atoms with Crippen LogP contribution in [0, 0.1) is 0 Å². The summed E-state index contributed by atoms with van der Waals surface area (Å²) in [7, 11) is 1.39. The van der Waals surface area contributed by atoms with Gasteiger partial charge in [0.2, 0.25) is 9.05 Å². The van der Waals surface area contributed by atoms with Crippen LogP contribution in [0.5, 0.6) is 0 Å². The Morgan fingerprint density at radius 1 is 1.31 bits per heavy atom. The molecule has 7 heteroatoms. The molecule has 0 saturated carbocycles. The van der Waals surface area contributed by atoms with Crippen molar-refractivity contribution in [3.05, 3.63) is 0 Å². The molecule has 0 aromatic heterocycles. The summed E-state index contributed by atoms with van der Waals surface area (Å²) in [5, 5.41) is 18.2. The molecule has 5 nitrogen and oxygen atoms in total. The Labute approximate surface area is 82.3 Å². The van der Waals surface area contributed by atoms with Gasteiger partial charge >= 0.3 is 0 Å². The predicted molar refractivity (Wildman–Crippen MR) is 49.7 cm³/mol. The van der Waals surface area contributed by atoms with Gasteiger partial charge in [-0.1, -0.05) is 0 Å². The zero-order valence-corrected chi connectivity index (χ0v) is 9.09. The molecule has 0 aromatic rings. The van der Waals surface area contributed by atoms with Crippen molar-refractivity contribution in [2.75, 3.05) is 12.3 Å². The van der Waals surface area contributed by atoms with E-state index in [0.717, 1.165) is 0 Å². The molecule has 0 aliphatic carbocycles. The van der Waals surface area contributed by atoms with Crippen LogP contribution >= 0.6 is 10.7 Å². The van der Waals surface area contributed by atoms with E-state index in [1.165, 1.54) is 18.7 Å². The number of hydrogen-bond acceptors (Lipinski definition) is 5. The first-order valence-electron chi connectivity index (χ1n) is 3.78. The minimum Gasteiger partial charge on any atom is -0.379 e. The van der Waals surface area contributed by atoms with Gasteiger partial charge in [-0.05, 0) is 13.8 Å². The Morgan fingerprint density at radius 3 is 1.92 bits per heavy atom. The fraction of sp³-hybridized carbons (Fsp3) is 1.00. The summed E-state index contributed by atoms with van der Waals surface area (Å²) in [4.78, 5) is 1.21. The largest absolute Gasteiger partial charge is 0.379 e. The molecule has 0 aromatic carbocycles. The van der Waals surface area contributed by atoms with Crippen LogP contribution in [0.2, 0.25) is 0 Å². The van der Waals surface area contributed by atoms with Crippen molar-refractivity contribution >= 4 is 19.7 Å². The second-order valence-corrected chi connectivity index (χ2v) is 5.64. The maximum Gasteiger partial charge on any atom is 0.233 e. The molecule has 0 fully saturated rings. The first kappa shape index (κ1) is 13.1. The highest BCUT2D eigenvalue weighted by Crippen LogP contribution is 2.04. The van der Waals surface area contributed by atoms with Crippen molar-refractivity contribution in [3.8, 4) is 0 Å². The molecule has 0 amide bonds. The van der Waals surface area contributed by atoms with E-state index in [0.29, 0.717) is 0 Å². The quantitative estimate of drug-likeness (QED) is 0.494. The van der Waals surface area contributed by atoms with E-state index >= 15 is 0 Å². The highest BCUT2D eigenvalue weighted by Gasteiger charge is 2.18. The molecule has 0 heterocycles. The monoisotopic (exact) mass is 231 g/mol. The Hall–Kier alpha value is 0.120. The van der Waals surface area contributed by atoms with Crippen molar-refractivity contribution in [3.63, 3.8) is 0 Å². The zero-order valence-electron chi connectivity index (χ0n) is 7.51. The van der Waals surface area contributed by atoms with Crippen LogP contribution in [-0.4, -0.2) is 48.3 Å². The summed E-state index contributed by atoms with van der Waals surface area (Å²) in [6.07, 6.45) is -1.81. The molecule has 0 rings (SSSR count). The highest BCUT2D eigenvalue weighted by molar-refractivity contribution is 8.13. The van der Waals surface area contributed by atoms with Gasteiger partial charge in [-0.2, -0.15) is 0 Å². The van der Waals surface area contributed by atoms with E-state index < -0.39 is 21.5 Å². The molecule has 0 aliphatic heterocycles. The lowest BCUT2D eigenvalue weighted by Gasteiger charge is -2.27. The van der Waals surface area contributed by atoms with Crippen LogP contribution in [0.4, 0.5) is 0 Å². The van der Waals surface area contributed by atoms with Crippen molar-refractivity contribution in [1.82, 2.24) is 4.90 Å². The summed E-state index contributed by atoms with van der Waals surface area (Å²) in [6, 6.07) is 0. The lowest BCUT2D eigenvalue weighted by Crippen LogP contribution is -2.42. The SMILES string of the molecule is CC(O)N(CCS(=O)(=O)Cl)C(C)O. The van der Waals surface area contributed by atoms with E-state index in [1.54, 1.807) is 0 Å². The molecule has 0 bridgehead atoms. The van der Waals surface area contributed by atoms with Gasteiger partial charge in [0, 0.05) is 17.2 Å². The number of rotatable bonds is 5. The third-order valence-electron chi connectivity index (χ3n) is 1.55. The van der Waals surface area contributed by atoms with Gasteiger partial charge in [-0.25, -0.2) is 8.42 Å². The molecule has 2 N–H and O–H groups in total. The first-order valence-corrected chi connectivity index (χ1v) is 6.26. The van der Waals surface area contributed by atoms with Gasteiger partial charge in [-0.3, -0.25) is 4.90 Å². The summed E-state index contributed by atoms with van der Waals surface area (Å²) in [5.74, 6) is -0.301. The Kier molecular flexibility index (Phi) is 5.16. The Morgan fingerprint density at radius 2 is 1.69 bits per heavy atom. The minimum atomic E-state index is -3.58. The first-order chi connectivity index (χ1) is 5.74. The molecule has 0 saturated heterocycles. The van der Waals surface area contributed by atoms with E-state index in [-0.39, 0.29) is 12.3 Å². The summed E-state index contributed by atoms with van der Waals surface area (Å²) in [5.41, 5.74) is 0. The standard InChI is InChI=1S/C6H14ClNO4S/c1-5(9)8(6(2)10)3-4-13(7,11)12/h5-6,9-10H,3-4H2,1-2H3. The average Bonchev–Trinajstić information content (AvgIpc) is 1.82. The van der Waals surface area contributed by atoms with E-state index in [9.17, 15) is 8.42 Å². The van der Waals surface area contributed by atoms with Crippen LogP contribution in [-0.2, 0) is 9.05 Å². The average molecular weight is 232 g/mol. The van der Waals surface area contributed by atoms with Gasteiger partial charge in [0.05, 0.1) is 5.75 Å². The molecule has 2 unspecified atom stereocenters. The van der Waals surface area contributed by atoms with Gasteiger partial charge in [0.15, 0.2) is 0 Å². The molecular formula is C6H14ClNO4S. The third kappa shape index (κ3) is 6.23. The van der Waals surface area contributed by atoms with Gasteiger partial charge in [0.1, 0.15) is 12.5 Å². The summed E-state index contributed by atoms with van der Waals surface area (Å²) in [6.45, 7) is 2.88. The number of hydrogen-bond donors (Lipinski definition) is 2. The van der Waals surface area contributed by atoms with Crippen molar-refractivity contribution < 1.29 is 18.6 Å². The maximum atomic E-state index is 10.6. The predicted octanol–water partition coefficient (Wildman–Crippen LogP) is -0.466. The molecule has 13 heavy (non-hydrogen) atoms. The lowest BCUT2D eigenvalue weighted by atomic mass is 10.4. The van der Waals surface area contributed by atoms with Crippen molar-refractivity contribution in [1.29, 1.82) is 0 Å². The van der Waals surface area contributed by atoms with Crippen LogP contribution in [0.1, 0.15) is 13.8 Å². The van der Waals surface area contributed by atoms with Crippen molar-refractivity contribution in [2.24, 2.45) is 0 Å². The number of halogens is 1. The maximum absolute atomic E-state index is 10.6. The lowest BCUT2D eigenvalue weighted by molar-refractivity contribution is -0.0800. The number of nitrogens with zero attached hydrogens (tertiary/aromatic N) is 1. The van der Waals surface area contributed by atoms with Crippen LogP contribution in [0.15, 0.2) is 0 Å². The minimum absolute atomic E-state index is 0.00116. The van der Waals surface area contributed by atoms with Crippen LogP contribution < -0.4 is 0 Å². The number of aliphatic hydroxyl groups excluding tert-OH is 2. The normalized spacial score (nSPS) is 17.4. The number of aliphatic hydroxyl groups is 2. The van der Waals surface area contributed by atoms with Crippen LogP contribution in [0.25, 0.3) is 0 Å². The van der Waals surface area contributed by atoms with E-state index in [1.807, 2.05) is 0 Å².